The van der Waals surface area contributed by atoms with E-state index in [1.165, 1.54) is 5.48 Å². The van der Waals surface area contributed by atoms with Crippen molar-refractivity contribution in [3.8, 4) is 6.19 Å². The van der Waals surface area contributed by atoms with E-state index in [1.807, 2.05) is 0 Å². The Labute approximate surface area is 55.9 Å². The summed E-state index contributed by atoms with van der Waals surface area (Å²) in [4.78, 5) is 13.4. The first-order chi connectivity index (χ1) is 4.48. The van der Waals surface area contributed by atoms with Crippen LogP contribution in [0.5, 0.6) is 0 Å². The summed E-state index contributed by atoms with van der Waals surface area (Å²) in [5, 5.41) is 5.74. The first-order valence-electron chi connectivity index (χ1n) is 1.81. The maximum Gasteiger partial charge on any atom is 0.476 e. The van der Waals surface area contributed by atoms with Crippen molar-refractivity contribution in [1.82, 2.24) is 5.48 Å². The third-order valence-electron chi connectivity index (χ3n) is 0.391. The highest BCUT2D eigenvalue weighted by Gasteiger charge is 2.20. The Bertz CT molecular complexity index is 260. The molecule has 0 fully saturated rings. The molecule has 0 aliphatic heterocycles. The monoisotopic (exact) mass is 166 g/mol. The van der Waals surface area contributed by atoms with Crippen molar-refractivity contribution >= 4 is 15.4 Å². The Kier molecular flexibility index (Phi) is 2.60. The maximum atomic E-state index is 9.95. The molecule has 2 N–H and O–H groups in total. The molecule has 0 atom stereocenters. The fourth-order valence-corrected chi connectivity index (χ4v) is 0.264. The van der Waals surface area contributed by atoms with E-state index in [2.05, 4.69) is 4.84 Å². The highest BCUT2D eigenvalue weighted by molar-refractivity contribution is 8.00. The van der Waals surface area contributed by atoms with Gasteiger partial charge in [0.15, 0.2) is 0 Å². The number of carbonyl (C=O) groups is 1. The van der Waals surface area contributed by atoms with Crippen molar-refractivity contribution in [2.45, 2.75) is 0 Å². The fraction of sp³-hybridized carbons (Fsp3) is 0. The van der Waals surface area contributed by atoms with Crippen molar-refractivity contribution in [3.05, 3.63) is 0 Å². The average molecular weight is 166 g/mol. The summed E-state index contributed by atoms with van der Waals surface area (Å²) in [6, 6.07) is 0. The van der Waals surface area contributed by atoms with Crippen LogP contribution < -0.4 is 5.48 Å². The standard InChI is InChI=1S/C2H2N2O5S/c3-1-4-9-2(5)10(6,7)8/h4H,(H,6,7,8). The molecule has 0 heterocycles. The third-order valence-corrected chi connectivity index (χ3v) is 0.895. The van der Waals surface area contributed by atoms with E-state index < -0.39 is 15.4 Å². The normalized spacial score (nSPS) is 9.60. The number of rotatable bonds is 1. The maximum absolute atomic E-state index is 9.95. The number of carbonyl (C=O) groups excluding carboxylic acids is 1. The second-order valence-corrected chi connectivity index (χ2v) is 2.32. The van der Waals surface area contributed by atoms with Crippen LogP contribution in [0.3, 0.4) is 0 Å². The molecular formula is C2H2N2O5S. The number of nitriles is 1. The molecule has 0 aromatic carbocycles. The molecule has 56 valence electrons. The summed E-state index contributed by atoms with van der Waals surface area (Å²) in [5.41, 5.74) is 1.27. The van der Waals surface area contributed by atoms with Crippen LogP contribution in [0.1, 0.15) is 0 Å². The van der Waals surface area contributed by atoms with E-state index in [0.717, 1.165) is 6.19 Å². The predicted molar refractivity (Wildman–Crippen MR) is 26.8 cm³/mol. The number of nitrogens with zero attached hydrogens (tertiary/aromatic N) is 1. The third kappa shape index (κ3) is 2.85. The highest BCUT2D eigenvalue weighted by Crippen LogP contribution is 1.86. The minimum atomic E-state index is -4.85. The largest absolute Gasteiger partial charge is 0.476 e. The smallest absolute Gasteiger partial charge is 0.317 e. The van der Waals surface area contributed by atoms with Crippen LogP contribution in [0, 0.1) is 11.5 Å². The number of hydrogen-bond donors (Lipinski definition) is 2. The molecule has 0 aliphatic rings. The Morgan fingerprint density at radius 3 is 2.50 bits per heavy atom. The summed E-state index contributed by atoms with van der Waals surface area (Å²) < 4.78 is 27.4. The van der Waals surface area contributed by atoms with Gasteiger partial charge < -0.3 is 4.84 Å². The molecule has 8 heteroatoms. The predicted octanol–water partition coefficient (Wildman–Crippen LogP) is -1.00. The molecule has 0 spiro atoms. The molecule has 0 saturated carbocycles. The van der Waals surface area contributed by atoms with Gasteiger partial charge in [-0.2, -0.15) is 19.2 Å². The Morgan fingerprint density at radius 2 is 2.20 bits per heavy atom. The quantitative estimate of drug-likeness (QED) is 0.222. The van der Waals surface area contributed by atoms with Crippen molar-refractivity contribution in [2.24, 2.45) is 0 Å². The van der Waals surface area contributed by atoms with E-state index in [-0.39, 0.29) is 0 Å². The molecule has 0 bridgehead atoms. The molecule has 0 aliphatic carbocycles. The lowest BCUT2D eigenvalue weighted by atomic mass is 11.4. The minimum Gasteiger partial charge on any atom is -0.317 e. The zero-order valence-corrected chi connectivity index (χ0v) is 5.25. The van der Waals surface area contributed by atoms with Crippen molar-refractivity contribution in [3.63, 3.8) is 0 Å². The van der Waals surface area contributed by atoms with Gasteiger partial charge in [0, 0.05) is 0 Å². The van der Waals surface area contributed by atoms with Gasteiger partial charge in [-0.15, -0.1) is 0 Å². The second kappa shape index (κ2) is 3.00. The molecule has 0 aromatic heterocycles. The average Bonchev–Trinajstić information content (AvgIpc) is 1.80. The summed E-state index contributed by atoms with van der Waals surface area (Å²) in [7, 11) is -4.85. The van der Waals surface area contributed by atoms with Gasteiger partial charge in [-0.05, 0) is 0 Å². The van der Waals surface area contributed by atoms with Crippen molar-refractivity contribution in [1.29, 1.82) is 5.26 Å². The molecule has 0 radical (unpaired) electrons. The molecule has 0 rings (SSSR count). The highest BCUT2D eigenvalue weighted by atomic mass is 32.2. The van der Waals surface area contributed by atoms with Crippen molar-refractivity contribution < 1.29 is 22.6 Å². The first-order valence-corrected chi connectivity index (χ1v) is 3.25. The van der Waals surface area contributed by atoms with Gasteiger partial charge in [0.25, 0.3) is 0 Å². The van der Waals surface area contributed by atoms with Gasteiger partial charge in [-0.1, -0.05) is 0 Å². The van der Waals surface area contributed by atoms with Crippen LogP contribution >= 0.6 is 0 Å². The van der Waals surface area contributed by atoms with Crippen LogP contribution in [0.4, 0.5) is 4.79 Å². The van der Waals surface area contributed by atoms with Crippen LogP contribution in [0.25, 0.3) is 0 Å². The van der Waals surface area contributed by atoms with E-state index >= 15 is 0 Å². The molecule has 0 amide bonds. The lowest BCUT2D eigenvalue weighted by molar-refractivity contribution is 0.138. The van der Waals surface area contributed by atoms with Crippen LogP contribution in [-0.4, -0.2) is 18.3 Å². The van der Waals surface area contributed by atoms with E-state index in [0.29, 0.717) is 0 Å². The number of nitrogens with one attached hydrogen (secondary N) is 1. The molecular weight excluding hydrogens is 164 g/mol. The Morgan fingerprint density at radius 1 is 1.70 bits per heavy atom. The van der Waals surface area contributed by atoms with E-state index in [4.69, 9.17) is 9.81 Å². The van der Waals surface area contributed by atoms with Gasteiger partial charge in [0.1, 0.15) is 0 Å². The topological polar surface area (TPSA) is 116 Å². The zero-order chi connectivity index (χ0) is 8.20. The second-order valence-electron chi connectivity index (χ2n) is 1.04. The lowest BCUT2D eigenvalue weighted by Crippen LogP contribution is -2.20. The van der Waals surface area contributed by atoms with Gasteiger partial charge in [-0.3, -0.25) is 4.55 Å². The summed E-state index contributed by atoms with van der Waals surface area (Å²) in [6.07, 6.45) is 1.10. The molecule has 0 saturated heterocycles. The van der Waals surface area contributed by atoms with Crippen molar-refractivity contribution in [2.75, 3.05) is 0 Å². The van der Waals surface area contributed by atoms with Gasteiger partial charge in [0.2, 0.25) is 6.19 Å². The van der Waals surface area contributed by atoms with Gasteiger partial charge >= 0.3 is 15.4 Å². The first kappa shape index (κ1) is 8.67. The zero-order valence-electron chi connectivity index (χ0n) is 4.44. The van der Waals surface area contributed by atoms with Gasteiger partial charge in [-0.25, -0.2) is 4.79 Å². The summed E-state index contributed by atoms with van der Waals surface area (Å²) >= 11 is 0. The molecule has 0 unspecified atom stereocenters. The van der Waals surface area contributed by atoms with Crippen LogP contribution in [0.15, 0.2) is 0 Å². The Balaban J connectivity index is 4.04. The summed E-state index contributed by atoms with van der Waals surface area (Å²) in [5.74, 6) is 0. The minimum absolute atomic E-state index is 1.10. The van der Waals surface area contributed by atoms with E-state index in [9.17, 15) is 13.2 Å². The van der Waals surface area contributed by atoms with E-state index in [1.54, 1.807) is 0 Å². The molecule has 0 aromatic rings. The van der Waals surface area contributed by atoms with Crippen LogP contribution in [0.2, 0.25) is 0 Å². The fourth-order valence-electron chi connectivity index (χ4n) is 0.117. The Hall–Kier alpha value is -1.33. The summed E-state index contributed by atoms with van der Waals surface area (Å²) in [6.45, 7) is 0. The molecule has 10 heavy (non-hydrogen) atoms. The lowest BCUT2D eigenvalue weighted by Gasteiger charge is -1.93. The molecule has 7 nitrogen and oxygen atoms in total. The SMILES string of the molecule is N#CNOC(=O)S(=O)(=O)O. The number of hydroxylamine groups is 1. The van der Waals surface area contributed by atoms with Crippen LogP contribution in [-0.2, 0) is 15.0 Å². The number of hydrogen-bond acceptors (Lipinski definition) is 6. The van der Waals surface area contributed by atoms with Gasteiger partial charge in [0.05, 0.1) is 0 Å².